The predicted molar refractivity (Wildman–Crippen MR) is 89.7 cm³/mol. The molecule has 12 heteroatoms. The van der Waals surface area contributed by atoms with Crippen LogP contribution in [0.25, 0.3) is 0 Å². The summed E-state index contributed by atoms with van der Waals surface area (Å²) in [4.78, 5) is 11.5. The van der Waals surface area contributed by atoms with Gasteiger partial charge in [-0.3, -0.25) is 4.79 Å². The molecule has 0 spiro atoms. The molecule has 2 nitrogen and oxygen atoms in total. The maximum atomic E-state index is 13.5. The SMILES string of the molecule is CCCCCCCC(=O)NCC(I)CC(F)(F)C(F)(F)C(F)(F)C(F)(F)F. The largest absolute Gasteiger partial charge is 0.460 e. The molecule has 0 bridgehead atoms. The van der Waals surface area contributed by atoms with Crippen LogP contribution < -0.4 is 5.32 Å². The fourth-order valence-corrected chi connectivity index (χ4v) is 2.86. The van der Waals surface area contributed by atoms with Gasteiger partial charge in [0.05, 0.1) is 0 Å². The van der Waals surface area contributed by atoms with Crippen LogP contribution in [0.5, 0.6) is 0 Å². The number of amides is 1. The quantitative estimate of drug-likeness (QED) is 0.140. The highest BCUT2D eigenvalue weighted by Gasteiger charge is 2.81. The van der Waals surface area contributed by atoms with E-state index in [9.17, 15) is 44.3 Å². The Hall–Kier alpha value is -0.430. The third-order valence-corrected chi connectivity index (χ3v) is 4.60. The van der Waals surface area contributed by atoms with Crippen LogP contribution in [0.3, 0.4) is 0 Å². The van der Waals surface area contributed by atoms with E-state index < -0.39 is 46.7 Å². The molecule has 0 radical (unpaired) electrons. The summed E-state index contributed by atoms with van der Waals surface area (Å²) < 4.78 is 113. The van der Waals surface area contributed by atoms with Gasteiger partial charge in [-0.1, -0.05) is 55.2 Å². The summed E-state index contributed by atoms with van der Waals surface area (Å²) in [5, 5.41) is 2.18. The summed E-state index contributed by atoms with van der Waals surface area (Å²) >= 11 is 1.19. The van der Waals surface area contributed by atoms with Gasteiger partial charge in [0.1, 0.15) is 0 Å². The number of carbonyl (C=O) groups excluding carboxylic acids is 1. The summed E-state index contributed by atoms with van der Waals surface area (Å²) in [6, 6.07) is 0. The lowest BCUT2D eigenvalue weighted by Gasteiger charge is -2.34. The maximum Gasteiger partial charge on any atom is 0.460 e. The molecule has 27 heavy (non-hydrogen) atoms. The van der Waals surface area contributed by atoms with Gasteiger partial charge in [0.15, 0.2) is 0 Å². The van der Waals surface area contributed by atoms with Crippen LogP contribution in [0.15, 0.2) is 0 Å². The van der Waals surface area contributed by atoms with Crippen molar-refractivity contribution in [2.75, 3.05) is 6.54 Å². The molecule has 0 aliphatic rings. The number of unbranched alkanes of at least 4 members (excludes halogenated alkanes) is 4. The first-order valence-electron chi connectivity index (χ1n) is 8.21. The molecule has 1 unspecified atom stereocenters. The first-order valence-corrected chi connectivity index (χ1v) is 9.45. The number of nitrogens with one attached hydrogen (secondary N) is 1. The van der Waals surface area contributed by atoms with E-state index in [0.717, 1.165) is 25.7 Å². The second-order valence-corrected chi connectivity index (χ2v) is 7.88. The summed E-state index contributed by atoms with van der Waals surface area (Å²) in [5.74, 6) is -19.7. The monoisotopic (exact) mass is 529 g/mol. The molecule has 0 rings (SSSR count). The van der Waals surface area contributed by atoms with E-state index in [4.69, 9.17) is 0 Å². The van der Waals surface area contributed by atoms with Crippen molar-refractivity contribution in [1.29, 1.82) is 0 Å². The number of hydrogen-bond acceptors (Lipinski definition) is 1. The number of halogens is 10. The lowest BCUT2D eigenvalue weighted by atomic mass is 9.99. The zero-order chi connectivity index (χ0) is 21.5. The Morgan fingerprint density at radius 2 is 1.41 bits per heavy atom. The molecule has 0 saturated heterocycles. The molecule has 1 N–H and O–H groups in total. The molecule has 0 aliphatic carbocycles. The Bertz CT molecular complexity index is 469. The van der Waals surface area contributed by atoms with Crippen molar-refractivity contribution in [2.45, 2.75) is 79.7 Å². The normalized spacial score (nSPS) is 14.9. The van der Waals surface area contributed by atoms with Gasteiger partial charge in [-0.05, 0) is 6.42 Å². The second kappa shape index (κ2) is 10.4. The van der Waals surface area contributed by atoms with E-state index in [2.05, 4.69) is 5.32 Å². The van der Waals surface area contributed by atoms with Crippen molar-refractivity contribution in [3.8, 4) is 0 Å². The lowest BCUT2D eigenvalue weighted by molar-refractivity contribution is -0.396. The molecule has 0 aromatic rings. The summed E-state index contributed by atoms with van der Waals surface area (Å²) in [7, 11) is 0. The molecule has 1 amide bonds. The minimum Gasteiger partial charge on any atom is -0.355 e. The highest BCUT2D eigenvalue weighted by atomic mass is 127. The van der Waals surface area contributed by atoms with E-state index in [1.807, 2.05) is 6.92 Å². The van der Waals surface area contributed by atoms with Crippen LogP contribution in [0, 0.1) is 0 Å². The third-order valence-electron chi connectivity index (χ3n) is 3.72. The van der Waals surface area contributed by atoms with Crippen molar-refractivity contribution in [3.05, 3.63) is 0 Å². The molecule has 0 saturated carbocycles. The summed E-state index contributed by atoms with van der Waals surface area (Å²) in [6.07, 6.45) is -4.51. The van der Waals surface area contributed by atoms with Crippen LogP contribution in [-0.2, 0) is 4.79 Å². The molecule has 1 atom stereocenters. The fourth-order valence-electron chi connectivity index (χ4n) is 2.09. The maximum absolute atomic E-state index is 13.5. The first-order chi connectivity index (χ1) is 12.1. The first kappa shape index (κ1) is 26.6. The minimum absolute atomic E-state index is 0.0752. The van der Waals surface area contributed by atoms with Crippen LogP contribution in [-0.4, -0.2) is 40.3 Å². The Balaban J connectivity index is 4.62. The number of rotatable bonds is 12. The van der Waals surface area contributed by atoms with Gasteiger partial charge in [-0.15, -0.1) is 0 Å². The molecule has 0 aromatic heterocycles. The van der Waals surface area contributed by atoms with E-state index in [1.54, 1.807) is 0 Å². The summed E-state index contributed by atoms with van der Waals surface area (Å²) in [6.45, 7) is 1.44. The number of carbonyl (C=O) groups is 1. The van der Waals surface area contributed by atoms with Crippen LogP contribution in [0.4, 0.5) is 39.5 Å². The summed E-state index contributed by atoms with van der Waals surface area (Å²) in [5.41, 5.74) is 0. The lowest BCUT2D eigenvalue weighted by Crippen LogP contribution is -2.61. The van der Waals surface area contributed by atoms with E-state index in [-0.39, 0.29) is 6.42 Å². The third kappa shape index (κ3) is 7.48. The van der Waals surface area contributed by atoms with Gasteiger partial charge in [0.2, 0.25) is 5.91 Å². The molecule has 0 aromatic carbocycles. The highest BCUT2D eigenvalue weighted by molar-refractivity contribution is 14.1. The van der Waals surface area contributed by atoms with E-state index in [0.29, 0.717) is 6.42 Å². The zero-order valence-electron chi connectivity index (χ0n) is 14.4. The Morgan fingerprint density at radius 1 is 0.889 bits per heavy atom. The van der Waals surface area contributed by atoms with Crippen LogP contribution >= 0.6 is 22.6 Å². The molecular formula is C15H21F9INO. The smallest absolute Gasteiger partial charge is 0.355 e. The Labute approximate surface area is 164 Å². The van der Waals surface area contributed by atoms with Gasteiger partial charge < -0.3 is 5.32 Å². The van der Waals surface area contributed by atoms with Crippen molar-refractivity contribution in [3.63, 3.8) is 0 Å². The molecule has 0 aliphatic heterocycles. The number of hydrogen-bond donors (Lipinski definition) is 1. The highest BCUT2D eigenvalue weighted by Crippen LogP contribution is 2.54. The average molecular weight is 529 g/mol. The Morgan fingerprint density at radius 3 is 1.89 bits per heavy atom. The Kier molecular flexibility index (Phi) is 10.2. The molecule has 162 valence electrons. The topological polar surface area (TPSA) is 29.1 Å². The second-order valence-electron chi connectivity index (χ2n) is 6.12. The standard InChI is InChI=1S/C15H21F9INO/c1-2-3-4-5-6-7-11(27)26-9-10(25)8-12(16,17)13(18,19)14(20,21)15(22,23)24/h10H,2-9H2,1H3,(H,26,27). The molecule has 0 heterocycles. The fraction of sp³-hybridized carbons (Fsp3) is 0.933. The number of alkyl halides is 10. The average Bonchev–Trinajstić information content (AvgIpc) is 2.50. The predicted octanol–water partition coefficient (Wildman–Crippen LogP) is 6.13. The zero-order valence-corrected chi connectivity index (χ0v) is 16.6. The van der Waals surface area contributed by atoms with Gasteiger partial charge in [-0.25, -0.2) is 0 Å². The van der Waals surface area contributed by atoms with Crippen molar-refractivity contribution < 1.29 is 44.3 Å². The van der Waals surface area contributed by atoms with E-state index in [1.165, 1.54) is 22.6 Å². The molecular weight excluding hydrogens is 508 g/mol. The van der Waals surface area contributed by atoms with Gasteiger partial charge in [-0.2, -0.15) is 39.5 Å². The van der Waals surface area contributed by atoms with Gasteiger partial charge >= 0.3 is 23.9 Å². The van der Waals surface area contributed by atoms with Crippen molar-refractivity contribution in [2.24, 2.45) is 0 Å². The van der Waals surface area contributed by atoms with Gasteiger partial charge in [0.25, 0.3) is 0 Å². The van der Waals surface area contributed by atoms with Crippen LogP contribution in [0.1, 0.15) is 51.9 Å². The molecule has 0 fully saturated rings. The van der Waals surface area contributed by atoms with Crippen molar-refractivity contribution in [1.82, 2.24) is 5.32 Å². The van der Waals surface area contributed by atoms with Gasteiger partial charge in [0, 0.05) is 23.3 Å². The van der Waals surface area contributed by atoms with E-state index >= 15 is 0 Å². The van der Waals surface area contributed by atoms with Crippen molar-refractivity contribution >= 4 is 28.5 Å². The van der Waals surface area contributed by atoms with Crippen LogP contribution in [0.2, 0.25) is 0 Å². The minimum atomic E-state index is -6.89.